The van der Waals surface area contributed by atoms with Gasteiger partial charge in [0, 0.05) is 6.42 Å². The quantitative estimate of drug-likeness (QED) is 0.0283. The van der Waals surface area contributed by atoms with Crippen LogP contribution in [0.25, 0.3) is 0 Å². The van der Waals surface area contributed by atoms with E-state index >= 15 is 0 Å². The summed E-state index contributed by atoms with van der Waals surface area (Å²) < 4.78 is 0. The fourth-order valence-corrected chi connectivity index (χ4v) is 6.73. The Bertz CT molecular complexity index is 734. The van der Waals surface area contributed by atoms with Crippen LogP contribution in [-0.4, -0.2) is 68.5 Å². The largest absolute Gasteiger partial charge is 0.394 e. The molecule has 7 heteroatoms. The third kappa shape index (κ3) is 29.3. The zero-order valence-corrected chi connectivity index (χ0v) is 32.5. The van der Waals surface area contributed by atoms with E-state index in [0.29, 0.717) is 25.2 Å². The van der Waals surface area contributed by atoms with E-state index in [2.05, 4.69) is 32.2 Å². The highest BCUT2D eigenvalue weighted by atomic mass is 16.3. The van der Waals surface area contributed by atoms with E-state index in [1.165, 1.54) is 135 Å². The van der Waals surface area contributed by atoms with Gasteiger partial charge in [-0.05, 0) is 44.4 Å². The predicted octanol–water partition coefficient (Wildman–Crippen LogP) is 9.45. The molecule has 0 fully saturated rings. The Hall–Kier alpha value is -0.990. The van der Waals surface area contributed by atoms with Crippen LogP contribution < -0.4 is 5.32 Å². The SMILES string of the molecule is CCCCCCCCCCCCCCCC/C=C/CC[C@@H](O)[C@@H](O)C[C@H](O)[C@H](CO)NC(=O)[C@H](O)CC[C@H](CC)CCCCCCCCC. The maximum Gasteiger partial charge on any atom is 0.249 e. The van der Waals surface area contributed by atoms with Gasteiger partial charge in [0.05, 0.1) is 31.0 Å². The molecule has 0 aromatic rings. The molecule has 292 valence electrons. The Morgan fingerprint density at radius 2 is 1.00 bits per heavy atom. The highest BCUT2D eigenvalue weighted by Crippen LogP contribution is 2.21. The summed E-state index contributed by atoms with van der Waals surface area (Å²) in [6, 6.07) is -1.02. The first-order chi connectivity index (χ1) is 23.8. The molecule has 6 atom stereocenters. The standard InChI is InChI=1S/C42H83NO6/c1-4-7-9-11-13-14-15-16-17-18-19-20-21-22-23-25-27-29-31-38(45)41(48)34-40(47)37(35-44)43-42(49)39(46)33-32-36(6-3)30-28-26-24-12-10-8-5-2/h25,27,36-41,44-48H,4-24,26,28-35H2,1-3H3,(H,43,49)/b27-25+/t36-,37+,38-,39-,40+,41+/m1/s1. The number of unbranched alkanes of at least 4 members (excludes halogenated alkanes) is 20. The molecule has 0 aromatic heterocycles. The van der Waals surface area contributed by atoms with Gasteiger partial charge in [-0.15, -0.1) is 0 Å². The van der Waals surface area contributed by atoms with Crippen molar-refractivity contribution in [1.29, 1.82) is 0 Å². The van der Waals surface area contributed by atoms with Gasteiger partial charge in [-0.2, -0.15) is 0 Å². The van der Waals surface area contributed by atoms with Crippen molar-refractivity contribution in [2.24, 2.45) is 5.92 Å². The first kappa shape index (κ1) is 48.0. The Kier molecular flexibility index (Phi) is 34.7. The first-order valence-electron chi connectivity index (χ1n) is 21.1. The number of rotatable bonds is 37. The van der Waals surface area contributed by atoms with Gasteiger partial charge in [-0.25, -0.2) is 0 Å². The Balaban J connectivity index is 4.05. The number of hydrogen-bond acceptors (Lipinski definition) is 6. The Morgan fingerprint density at radius 3 is 1.49 bits per heavy atom. The van der Waals surface area contributed by atoms with Crippen LogP contribution in [-0.2, 0) is 4.79 Å². The van der Waals surface area contributed by atoms with Crippen molar-refractivity contribution < 1.29 is 30.3 Å². The molecule has 0 aliphatic carbocycles. The Labute approximate surface area is 303 Å². The molecule has 1 amide bonds. The summed E-state index contributed by atoms with van der Waals surface area (Å²) >= 11 is 0. The smallest absolute Gasteiger partial charge is 0.249 e. The number of aliphatic hydroxyl groups is 5. The molecule has 0 unspecified atom stereocenters. The van der Waals surface area contributed by atoms with Gasteiger partial charge in [-0.1, -0.05) is 174 Å². The highest BCUT2D eigenvalue weighted by Gasteiger charge is 2.28. The lowest BCUT2D eigenvalue weighted by Gasteiger charge is -2.27. The fraction of sp³-hybridized carbons (Fsp3) is 0.929. The lowest BCUT2D eigenvalue weighted by molar-refractivity contribution is -0.132. The lowest BCUT2D eigenvalue weighted by atomic mass is 9.92. The minimum Gasteiger partial charge on any atom is -0.394 e. The molecule has 0 spiro atoms. The zero-order valence-electron chi connectivity index (χ0n) is 32.5. The van der Waals surface area contributed by atoms with Crippen molar-refractivity contribution in [2.45, 2.75) is 237 Å². The van der Waals surface area contributed by atoms with E-state index in [-0.39, 0.29) is 6.42 Å². The highest BCUT2D eigenvalue weighted by molar-refractivity contribution is 5.80. The molecular formula is C42H83NO6. The Morgan fingerprint density at radius 1 is 0.531 bits per heavy atom. The number of allylic oxidation sites excluding steroid dienone is 2. The molecule has 7 nitrogen and oxygen atoms in total. The molecule has 0 radical (unpaired) electrons. The number of carbonyl (C=O) groups is 1. The molecule has 0 rings (SSSR count). The van der Waals surface area contributed by atoms with E-state index < -0.39 is 43.0 Å². The average molecular weight is 698 g/mol. The van der Waals surface area contributed by atoms with Gasteiger partial charge in [-0.3, -0.25) is 4.79 Å². The molecule has 0 heterocycles. The number of carbonyl (C=O) groups excluding carboxylic acids is 1. The molecule has 6 N–H and O–H groups in total. The predicted molar refractivity (Wildman–Crippen MR) is 207 cm³/mol. The third-order valence-electron chi connectivity index (χ3n) is 10.4. The average Bonchev–Trinajstić information content (AvgIpc) is 3.10. The fourth-order valence-electron chi connectivity index (χ4n) is 6.73. The van der Waals surface area contributed by atoms with Crippen molar-refractivity contribution in [2.75, 3.05) is 6.61 Å². The van der Waals surface area contributed by atoms with E-state index in [0.717, 1.165) is 25.7 Å². The van der Waals surface area contributed by atoms with E-state index in [1.54, 1.807) is 0 Å². The second-order valence-electron chi connectivity index (χ2n) is 14.9. The van der Waals surface area contributed by atoms with Crippen molar-refractivity contribution in [3.05, 3.63) is 12.2 Å². The van der Waals surface area contributed by atoms with Crippen molar-refractivity contribution in [3.8, 4) is 0 Å². The van der Waals surface area contributed by atoms with Gasteiger partial charge in [0.2, 0.25) is 5.91 Å². The summed E-state index contributed by atoms with van der Waals surface area (Å²) in [6.07, 6.45) is 32.4. The second kappa shape index (κ2) is 35.4. The summed E-state index contributed by atoms with van der Waals surface area (Å²) in [7, 11) is 0. The van der Waals surface area contributed by atoms with Crippen LogP contribution in [0.15, 0.2) is 12.2 Å². The summed E-state index contributed by atoms with van der Waals surface area (Å²) in [5.74, 6) is -0.157. The number of aliphatic hydroxyl groups excluding tert-OH is 5. The third-order valence-corrected chi connectivity index (χ3v) is 10.4. The molecule has 0 saturated heterocycles. The number of amides is 1. The van der Waals surface area contributed by atoms with Crippen LogP contribution in [0.2, 0.25) is 0 Å². The summed E-state index contributed by atoms with van der Waals surface area (Å²) in [4.78, 5) is 12.6. The summed E-state index contributed by atoms with van der Waals surface area (Å²) in [5, 5.41) is 54.2. The summed E-state index contributed by atoms with van der Waals surface area (Å²) in [6.45, 7) is 6.12. The van der Waals surface area contributed by atoms with Crippen LogP contribution >= 0.6 is 0 Å². The normalized spacial score (nSPS) is 15.7. The molecule has 0 aromatic carbocycles. The topological polar surface area (TPSA) is 130 Å². The molecule has 0 saturated carbocycles. The van der Waals surface area contributed by atoms with Gasteiger partial charge < -0.3 is 30.8 Å². The molecule has 0 aliphatic rings. The van der Waals surface area contributed by atoms with Gasteiger partial charge >= 0.3 is 0 Å². The molecular weight excluding hydrogens is 614 g/mol. The maximum atomic E-state index is 12.6. The van der Waals surface area contributed by atoms with Crippen LogP contribution in [0.5, 0.6) is 0 Å². The van der Waals surface area contributed by atoms with Crippen LogP contribution in [0.1, 0.15) is 207 Å². The van der Waals surface area contributed by atoms with Gasteiger partial charge in [0.15, 0.2) is 0 Å². The summed E-state index contributed by atoms with van der Waals surface area (Å²) in [5.41, 5.74) is 0. The van der Waals surface area contributed by atoms with Crippen molar-refractivity contribution >= 4 is 5.91 Å². The minimum atomic E-state index is -1.25. The van der Waals surface area contributed by atoms with Crippen LogP contribution in [0, 0.1) is 5.92 Å². The monoisotopic (exact) mass is 698 g/mol. The second-order valence-corrected chi connectivity index (χ2v) is 14.9. The molecule has 49 heavy (non-hydrogen) atoms. The molecule has 0 aliphatic heterocycles. The van der Waals surface area contributed by atoms with Crippen LogP contribution in [0.4, 0.5) is 0 Å². The lowest BCUT2D eigenvalue weighted by Crippen LogP contribution is -2.50. The van der Waals surface area contributed by atoms with E-state index in [4.69, 9.17) is 0 Å². The number of hydrogen-bond donors (Lipinski definition) is 6. The van der Waals surface area contributed by atoms with Crippen molar-refractivity contribution in [1.82, 2.24) is 5.32 Å². The first-order valence-corrected chi connectivity index (χ1v) is 21.1. The molecule has 0 bridgehead atoms. The van der Waals surface area contributed by atoms with Gasteiger partial charge in [0.1, 0.15) is 6.10 Å². The zero-order chi connectivity index (χ0) is 36.4. The number of nitrogens with one attached hydrogen (secondary N) is 1. The van der Waals surface area contributed by atoms with Crippen LogP contribution in [0.3, 0.4) is 0 Å². The van der Waals surface area contributed by atoms with Gasteiger partial charge in [0.25, 0.3) is 0 Å². The minimum absolute atomic E-state index is 0.179. The maximum absolute atomic E-state index is 12.6. The van der Waals surface area contributed by atoms with E-state index in [9.17, 15) is 30.3 Å². The van der Waals surface area contributed by atoms with E-state index in [1.807, 2.05) is 6.08 Å². The van der Waals surface area contributed by atoms with Crippen molar-refractivity contribution in [3.63, 3.8) is 0 Å².